The summed E-state index contributed by atoms with van der Waals surface area (Å²) >= 11 is 1.38. The van der Waals surface area contributed by atoms with Crippen LogP contribution >= 0.6 is 11.8 Å². The second-order valence-corrected chi connectivity index (χ2v) is 7.52. The third-order valence-electron chi connectivity index (χ3n) is 4.15. The number of hydrogen-bond donors (Lipinski definition) is 1. The van der Waals surface area contributed by atoms with Crippen LogP contribution in [0, 0.1) is 6.92 Å². The molecular weight excluding hydrogens is 360 g/mol. The topological polar surface area (TPSA) is 69.0 Å². The number of carbonyl (C=O) groups excluding carboxylic acids is 1. The van der Waals surface area contributed by atoms with E-state index < -0.39 is 0 Å². The van der Waals surface area contributed by atoms with Gasteiger partial charge in [0.05, 0.1) is 12.4 Å². The van der Waals surface area contributed by atoms with E-state index in [4.69, 9.17) is 4.74 Å². The third kappa shape index (κ3) is 4.49. The molecule has 0 saturated carbocycles. The van der Waals surface area contributed by atoms with Crippen molar-refractivity contribution in [3.8, 4) is 17.1 Å². The molecule has 0 saturated heterocycles. The van der Waals surface area contributed by atoms with Gasteiger partial charge in [0.1, 0.15) is 5.75 Å². The zero-order chi connectivity index (χ0) is 19.4. The average molecular weight is 382 g/mol. The van der Waals surface area contributed by atoms with Crippen molar-refractivity contribution in [1.82, 2.24) is 14.8 Å². The Morgan fingerprint density at radius 3 is 2.41 bits per heavy atom. The molecule has 1 aromatic heterocycles. The molecule has 3 rings (SSSR count). The van der Waals surface area contributed by atoms with E-state index in [0.29, 0.717) is 5.16 Å². The van der Waals surface area contributed by atoms with E-state index >= 15 is 0 Å². The van der Waals surface area contributed by atoms with Crippen molar-refractivity contribution in [1.29, 1.82) is 0 Å². The maximum atomic E-state index is 12.5. The van der Waals surface area contributed by atoms with Crippen molar-refractivity contribution in [3.05, 3.63) is 54.1 Å². The number of methoxy groups -OCH3 is 1. The monoisotopic (exact) mass is 382 g/mol. The Bertz CT molecular complexity index is 920. The predicted molar refractivity (Wildman–Crippen MR) is 108 cm³/mol. The van der Waals surface area contributed by atoms with E-state index in [1.165, 1.54) is 11.8 Å². The van der Waals surface area contributed by atoms with Gasteiger partial charge in [-0.2, -0.15) is 0 Å². The Labute approximate surface area is 163 Å². The first-order valence-corrected chi connectivity index (χ1v) is 9.44. The molecule has 27 heavy (non-hydrogen) atoms. The van der Waals surface area contributed by atoms with Crippen LogP contribution in [0.2, 0.25) is 0 Å². The Morgan fingerprint density at radius 1 is 1.11 bits per heavy atom. The molecule has 1 atom stereocenters. The maximum Gasteiger partial charge on any atom is 0.237 e. The summed E-state index contributed by atoms with van der Waals surface area (Å²) in [6, 6.07) is 15.4. The predicted octanol–water partition coefficient (Wildman–Crippen LogP) is 3.92. The smallest absolute Gasteiger partial charge is 0.237 e. The van der Waals surface area contributed by atoms with Gasteiger partial charge >= 0.3 is 0 Å². The highest BCUT2D eigenvalue weighted by molar-refractivity contribution is 8.00. The van der Waals surface area contributed by atoms with Crippen molar-refractivity contribution in [3.63, 3.8) is 0 Å². The normalized spacial score (nSPS) is 11.9. The van der Waals surface area contributed by atoms with E-state index in [-0.39, 0.29) is 11.2 Å². The highest BCUT2D eigenvalue weighted by Gasteiger charge is 2.19. The minimum absolute atomic E-state index is 0.0714. The van der Waals surface area contributed by atoms with Crippen LogP contribution in [0.4, 0.5) is 5.69 Å². The third-order valence-corrected chi connectivity index (χ3v) is 5.29. The van der Waals surface area contributed by atoms with E-state index in [2.05, 4.69) is 15.5 Å². The molecule has 0 unspecified atom stereocenters. The fraction of sp³-hybridized carbons (Fsp3) is 0.250. The van der Waals surface area contributed by atoms with Gasteiger partial charge in [-0.15, -0.1) is 10.2 Å². The number of thioether (sulfide) groups is 1. The largest absolute Gasteiger partial charge is 0.497 e. The molecule has 7 heteroatoms. The summed E-state index contributed by atoms with van der Waals surface area (Å²) in [4.78, 5) is 12.5. The Kier molecular flexibility index (Phi) is 5.81. The van der Waals surface area contributed by atoms with Gasteiger partial charge in [-0.05, 0) is 50.2 Å². The van der Waals surface area contributed by atoms with Crippen molar-refractivity contribution >= 4 is 23.4 Å². The summed E-state index contributed by atoms with van der Waals surface area (Å²) in [5.74, 6) is 1.46. The van der Waals surface area contributed by atoms with Crippen molar-refractivity contribution in [2.45, 2.75) is 24.3 Å². The van der Waals surface area contributed by atoms with Crippen LogP contribution in [0.5, 0.6) is 5.75 Å². The van der Waals surface area contributed by atoms with Crippen LogP contribution in [0.15, 0.2) is 53.7 Å². The standard InChI is InChI=1S/C20H22N4O2S/c1-13-5-9-16(10-6-13)21-19(25)14(2)27-20-23-22-18(24(20)3)15-7-11-17(26-4)12-8-15/h5-12,14H,1-4H3,(H,21,25)/t14-/m1/s1. The van der Waals surface area contributed by atoms with Gasteiger partial charge in [-0.1, -0.05) is 29.5 Å². The molecule has 1 amide bonds. The van der Waals surface area contributed by atoms with E-state index in [1.54, 1.807) is 7.11 Å². The first-order valence-electron chi connectivity index (χ1n) is 8.56. The zero-order valence-corrected chi connectivity index (χ0v) is 16.6. The molecule has 0 bridgehead atoms. The second-order valence-electron chi connectivity index (χ2n) is 6.21. The highest BCUT2D eigenvalue weighted by atomic mass is 32.2. The number of ether oxygens (including phenoxy) is 1. The molecule has 2 aromatic carbocycles. The van der Waals surface area contributed by atoms with Gasteiger partial charge < -0.3 is 14.6 Å². The summed E-state index contributed by atoms with van der Waals surface area (Å²) in [5, 5.41) is 11.8. The molecule has 0 aliphatic carbocycles. The maximum absolute atomic E-state index is 12.5. The van der Waals surface area contributed by atoms with E-state index in [1.807, 2.05) is 74.0 Å². The van der Waals surface area contributed by atoms with Gasteiger partial charge in [0.15, 0.2) is 11.0 Å². The number of aromatic nitrogens is 3. The molecule has 0 aliphatic rings. The van der Waals surface area contributed by atoms with Crippen LogP contribution in [0.3, 0.4) is 0 Å². The molecule has 0 aliphatic heterocycles. The van der Waals surface area contributed by atoms with Crippen molar-refractivity contribution < 1.29 is 9.53 Å². The first-order chi connectivity index (χ1) is 13.0. The van der Waals surface area contributed by atoms with Crippen LogP contribution in [-0.2, 0) is 11.8 Å². The lowest BCUT2D eigenvalue weighted by molar-refractivity contribution is -0.115. The van der Waals surface area contributed by atoms with Gasteiger partial charge in [0.2, 0.25) is 5.91 Å². The number of amides is 1. The number of nitrogens with one attached hydrogen (secondary N) is 1. The van der Waals surface area contributed by atoms with Gasteiger partial charge in [0.25, 0.3) is 0 Å². The quantitative estimate of drug-likeness (QED) is 0.655. The second kappa shape index (κ2) is 8.26. The SMILES string of the molecule is COc1ccc(-c2nnc(S[C@H](C)C(=O)Nc3ccc(C)cc3)n2C)cc1. The summed E-state index contributed by atoms with van der Waals surface area (Å²) in [6.45, 7) is 3.87. The molecule has 0 radical (unpaired) electrons. The van der Waals surface area contributed by atoms with Crippen LogP contribution in [-0.4, -0.2) is 33.0 Å². The zero-order valence-electron chi connectivity index (χ0n) is 15.8. The van der Waals surface area contributed by atoms with Crippen LogP contribution in [0.1, 0.15) is 12.5 Å². The molecule has 140 valence electrons. The van der Waals surface area contributed by atoms with E-state index in [9.17, 15) is 4.79 Å². The number of rotatable bonds is 6. The fourth-order valence-corrected chi connectivity index (χ4v) is 3.32. The van der Waals surface area contributed by atoms with Gasteiger partial charge in [-0.25, -0.2) is 0 Å². The summed E-state index contributed by atoms with van der Waals surface area (Å²) in [7, 11) is 3.53. The van der Waals surface area contributed by atoms with Crippen molar-refractivity contribution in [2.75, 3.05) is 12.4 Å². The van der Waals surface area contributed by atoms with Gasteiger partial charge in [-0.3, -0.25) is 4.79 Å². The molecule has 1 N–H and O–H groups in total. The van der Waals surface area contributed by atoms with Gasteiger partial charge in [0, 0.05) is 18.3 Å². The number of hydrogen-bond acceptors (Lipinski definition) is 5. The van der Waals surface area contributed by atoms with Crippen LogP contribution < -0.4 is 10.1 Å². The molecule has 6 nitrogen and oxygen atoms in total. The number of aryl methyl sites for hydroxylation is 1. The summed E-state index contributed by atoms with van der Waals surface area (Å²) < 4.78 is 7.07. The molecule has 3 aromatic rings. The Morgan fingerprint density at radius 2 is 1.78 bits per heavy atom. The minimum Gasteiger partial charge on any atom is -0.497 e. The molecule has 0 spiro atoms. The van der Waals surface area contributed by atoms with Crippen molar-refractivity contribution in [2.24, 2.45) is 7.05 Å². The average Bonchev–Trinajstić information content (AvgIpc) is 3.04. The minimum atomic E-state index is -0.307. The highest BCUT2D eigenvalue weighted by Crippen LogP contribution is 2.27. The summed E-state index contributed by atoms with van der Waals surface area (Å²) in [6.07, 6.45) is 0. The lowest BCUT2D eigenvalue weighted by Crippen LogP contribution is -2.22. The fourth-order valence-electron chi connectivity index (χ4n) is 2.50. The Balaban J connectivity index is 1.68. The number of nitrogens with zero attached hydrogens (tertiary/aromatic N) is 3. The van der Waals surface area contributed by atoms with Crippen LogP contribution in [0.25, 0.3) is 11.4 Å². The molecule has 0 fully saturated rings. The number of carbonyl (C=O) groups is 1. The first kappa shape index (κ1) is 19.0. The number of anilines is 1. The Hall–Kier alpha value is -2.80. The lowest BCUT2D eigenvalue weighted by atomic mass is 10.2. The number of benzene rings is 2. The lowest BCUT2D eigenvalue weighted by Gasteiger charge is -2.12. The van der Waals surface area contributed by atoms with E-state index in [0.717, 1.165) is 28.4 Å². The summed E-state index contributed by atoms with van der Waals surface area (Å²) in [5.41, 5.74) is 2.88. The molecule has 1 heterocycles. The molecular formula is C20H22N4O2S.